The molecule has 2 rings (SSSR count). The van der Waals surface area contributed by atoms with E-state index < -0.39 is 0 Å². The lowest BCUT2D eigenvalue weighted by atomic mass is 10.1. The van der Waals surface area contributed by atoms with Crippen LogP contribution in [-0.4, -0.2) is 18.0 Å². The van der Waals surface area contributed by atoms with Crippen LogP contribution in [0.1, 0.15) is 21.5 Å². The fourth-order valence-electron chi connectivity index (χ4n) is 1.74. The Morgan fingerprint density at radius 3 is 2.60 bits per heavy atom. The molecule has 1 heterocycles. The van der Waals surface area contributed by atoms with Gasteiger partial charge in [0.05, 0.1) is 12.2 Å². The molecule has 0 saturated heterocycles. The molecule has 0 spiro atoms. The van der Waals surface area contributed by atoms with E-state index >= 15 is 0 Å². The predicted molar refractivity (Wildman–Crippen MR) is 80.3 cm³/mol. The quantitative estimate of drug-likeness (QED) is 0.914. The summed E-state index contributed by atoms with van der Waals surface area (Å²) in [6, 6.07) is 9.68. The molecule has 2 aromatic rings. The molecule has 5 heteroatoms. The normalized spacial score (nSPS) is 10.3. The van der Waals surface area contributed by atoms with Crippen LogP contribution in [0.3, 0.4) is 0 Å². The molecule has 0 fully saturated rings. The largest absolute Gasteiger partial charge is 0.380 e. The topological polar surface area (TPSA) is 51.2 Å². The number of nitrogens with one attached hydrogen (secondary N) is 1. The van der Waals surface area contributed by atoms with Gasteiger partial charge in [-0.25, -0.2) is 0 Å². The number of methoxy groups -OCH3 is 1. The summed E-state index contributed by atoms with van der Waals surface area (Å²) in [6.45, 7) is 1.08. The Hall–Kier alpha value is -1.72. The molecule has 20 heavy (non-hydrogen) atoms. The van der Waals surface area contributed by atoms with Crippen molar-refractivity contribution < 1.29 is 9.53 Å². The number of aromatic nitrogens is 1. The van der Waals surface area contributed by atoms with Gasteiger partial charge in [0.15, 0.2) is 0 Å². The number of carbonyl (C=O) groups is 1. The first kappa shape index (κ1) is 14.7. The molecule has 0 atom stereocenters. The van der Waals surface area contributed by atoms with E-state index in [0.717, 1.165) is 15.6 Å². The standard InChI is InChI=1S/C15H15BrN2O2/c1-20-10-12-4-2-11(3-5-12)7-18-15(19)13-6-14(16)9-17-8-13/h2-6,8-9H,7,10H2,1H3,(H,18,19). The lowest BCUT2D eigenvalue weighted by Gasteiger charge is -2.06. The predicted octanol–water partition coefficient (Wildman–Crippen LogP) is 2.92. The van der Waals surface area contributed by atoms with Gasteiger partial charge in [-0.05, 0) is 33.1 Å². The third-order valence-corrected chi connectivity index (χ3v) is 3.19. The average molecular weight is 335 g/mol. The molecule has 1 aromatic carbocycles. The van der Waals surface area contributed by atoms with Crippen molar-refractivity contribution in [2.75, 3.05) is 7.11 Å². The Labute approximate surface area is 126 Å². The van der Waals surface area contributed by atoms with E-state index in [9.17, 15) is 4.79 Å². The van der Waals surface area contributed by atoms with Crippen molar-refractivity contribution in [3.63, 3.8) is 0 Å². The molecule has 0 aliphatic rings. The second-order valence-electron chi connectivity index (χ2n) is 4.32. The molecule has 0 aliphatic carbocycles. The molecule has 1 amide bonds. The maximum atomic E-state index is 11.9. The van der Waals surface area contributed by atoms with Crippen molar-refractivity contribution in [2.45, 2.75) is 13.2 Å². The van der Waals surface area contributed by atoms with E-state index in [4.69, 9.17) is 4.74 Å². The molecule has 0 bridgehead atoms. The molecule has 1 aromatic heterocycles. The third-order valence-electron chi connectivity index (χ3n) is 2.75. The first-order chi connectivity index (χ1) is 9.69. The van der Waals surface area contributed by atoms with Crippen LogP contribution >= 0.6 is 15.9 Å². The van der Waals surface area contributed by atoms with Gasteiger partial charge >= 0.3 is 0 Å². The Balaban J connectivity index is 1.93. The van der Waals surface area contributed by atoms with Crippen LogP contribution in [0.25, 0.3) is 0 Å². The van der Waals surface area contributed by atoms with E-state index in [1.165, 1.54) is 0 Å². The summed E-state index contributed by atoms with van der Waals surface area (Å²) in [4.78, 5) is 15.9. The summed E-state index contributed by atoms with van der Waals surface area (Å²) >= 11 is 3.29. The summed E-state index contributed by atoms with van der Waals surface area (Å²) in [7, 11) is 1.67. The van der Waals surface area contributed by atoms with Crippen LogP contribution in [0.2, 0.25) is 0 Å². The zero-order valence-electron chi connectivity index (χ0n) is 11.1. The zero-order chi connectivity index (χ0) is 14.4. The van der Waals surface area contributed by atoms with Crippen molar-refractivity contribution in [1.82, 2.24) is 10.3 Å². The second-order valence-corrected chi connectivity index (χ2v) is 5.24. The number of hydrogen-bond donors (Lipinski definition) is 1. The van der Waals surface area contributed by atoms with Crippen molar-refractivity contribution in [3.8, 4) is 0 Å². The fraction of sp³-hybridized carbons (Fsp3) is 0.200. The molecule has 0 saturated carbocycles. The fourth-order valence-corrected chi connectivity index (χ4v) is 2.11. The number of halogens is 1. The smallest absolute Gasteiger partial charge is 0.253 e. The number of hydrogen-bond acceptors (Lipinski definition) is 3. The van der Waals surface area contributed by atoms with Crippen LogP contribution in [0.5, 0.6) is 0 Å². The highest BCUT2D eigenvalue weighted by Crippen LogP contribution is 2.10. The number of carbonyl (C=O) groups excluding carboxylic acids is 1. The third kappa shape index (κ3) is 4.15. The molecule has 0 unspecified atom stereocenters. The molecule has 1 N–H and O–H groups in total. The number of benzene rings is 1. The van der Waals surface area contributed by atoms with Gasteiger partial charge in [-0.15, -0.1) is 0 Å². The first-order valence-corrected chi connectivity index (χ1v) is 6.94. The van der Waals surface area contributed by atoms with Crippen molar-refractivity contribution in [3.05, 3.63) is 63.9 Å². The van der Waals surface area contributed by atoms with E-state index in [2.05, 4.69) is 26.2 Å². The SMILES string of the molecule is COCc1ccc(CNC(=O)c2cncc(Br)c2)cc1. The lowest BCUT2D eigenvalue weighted by molar-refractivity contribution is 0.0950. The van der Waals surface area contributed by atoms with Crippen molar-refractivity contribution in [2.24, 2.45) is 0 Å². The molecule has 4 nitrogen and oxygen atoms in total. The monoisotopic (exact) mass is 334 g/mol. The maximum absolute atomic E-state index is 11.9. The highest BCUT2D eigenvalue weighted by Gasteiger charge is 2.06. The van der Waals surface area contributed by atoms with E-state index in [1.807, 2.05) is 24.3 Å². The molecule has 0 radical (unpaired) electrons. The van der Waals surface area contributed by atoms with Crippen LogP contribution in [0.4, 0.5) is 0 Å². The molecular formula is C15H15BrN2O2. The molecule has 0 aliphatic heterocycles. The Bertz CT molecular complexity index is 585. The first-order valence-electron chi connectivity index (χ1n) is 6.14. The van der Waals surface area contributed by atoms with Crippen molar-refractivity contribution >= 4 is 21.8 Å². The summed E-state index contributed by atoms with van der Waals surface area (Å²) in [6.07, 6.45) is 3.19. The lowest BCUT2D eigenvalue weighted by Crippen LogP contribution is -2.22. The summed E-state index contributed by atoms with van der Waals surface area (Å²) in [5, 5.41) is 2.86. The average Bonchev–Trinajstić information content (AvgIpc) is 2.46. The number of rotatable bonds is 5. The van der Waals surface area contributed by atoms with Gasteiger partial charge < -0.3 is 10.1 Å². The van der Waals surface area contributed by atoms with Gasteiger partial charge in [0.1, 0.15) is 0 Å². The molecular weight excluding hydrogens is 320 g/mol. The van der Waals surface area contributed by atoms with Gasteiger partial charge in [-0.3, -0.25) is 9.78 Å². The number of amides is 1. The summed E-state index contributed by atoms with van der Waals surface area (Å²) in [5.41, 5.74) is 2.69. The van der Waals surface area contributed by atoms with Gasteiger partial charge in [0, 0.05) is 30.5 Å². The van der Waals surface area contributed by atoms with Gasteiger partial charge in [-0.2, -0.15) is 0 Å². The highest BCUT2D eigenvalue weighted by atomic mass is 79.9. The zero-order valence-corrected chi connectivity index (χ0v) is 12.7. The Morgan fingerprint density at radius 1 is 1.25 bits per heavy atom. The van der Waals surface area contributed by atoms with Gasteiger partial charge in [0.25, 0.3) is 5.91 Å². The van der Waals surface area contributed by atoms with E-state index in [0.29, 0.717) is 18.7 Å². The minimum atomic E-state index is -0.139. The highest BCUT2D eigenvalue weighted by molar-refractivity contribution is 9.10. The summed E-state index contributed by atoms with van der Waals surface area (Å²) in [5.74, 6) is -0.139. The maximum Gasteiger partial charge on any atom is 0.253 e. The van der Waals surface area contributed by atoms with Gasteiger partial charge in [-0.1, -0.05) is 24.3 Å². The van der Waals surface area contributed by atoms with E-state index in [-0.39, 0.29) is 5.91 Å². The Morgan fingerprint density at radius 2 is 1.95 bits per heavy atom. The van der Waals surface area contributed by atoms with Crippen LogP contribution in [0, 0.1) is 0 Å². The van der Waals surface area contributed by atoms with Crippen molar-refractivity contribution in [1.29, 1.82) is 0 Å². The minimum Gasteiger partial charge on any atom is -0.380 e. The Kier molecular flexibility index (Phi) is 5.26. The molecule has 104 valence electrons. The number of ether oxygens (including phenoxy) is 1. The minimum absolute atomic E-state index is 0.139. The number of nitrogens with zero attached hydrogens (tertiary/aromatic N) is 1. The van der Waals surface area contributed by atoms with Crippen LogP contribution in [0.15, 0.2) is 47.2 Å². The number of pyridine rings is 1. The van der Waals surface area contributed by atoms with Crippen LogP contribution < -0.4 is 5.32 Å². The van der Waals surface area contributed by atoms with E-state index in [1.54, 1.807) is 25.6 Å². The second kappa shape index (κ2) is 7.17. The van der Waals surface area contributed by atoms with Crippen LogP contribution in [-0.2, 0) is 17.9 Å². The summed E-state index contributed by atoms with van der Waals surface area (Å²) < 4.78 is 5.84. The van der Waals surface area contributed by atoms with Gasteiger partial charge in [0.2, 0.25) is 0 Å².